The minimum absolute atomic E-state index is 0.0108. The smallest absolute Gasteiger partial charge is 0.246 e. The molecule has 0 saturated heterocycles. The lowest BCUT2D eigenvalue weighted by Crippen LogP contribution is -2.30. The Hall–Kier alpha value is -2.14. The maximum Gasteiger partial charge on any atom is 0.246 e. The zero-order valence-electron chi connectivity index (χ0n) is 9.84. The first-order chi connectivity index (χ1) is 8.84. The van der Waals surface area contributed by atoms with Gasteiger partial charge in [0, 0.05) is 30.2 Å². The zero-order valence-corrected chi connectivity index (χ0v) is 9.84. The van der Waals surface area contributed by atoms with Gasteiger partial charge in [0.05, 0.1) is 6.54 Å². The van der Waals surface area contributed by atoms with Crippen molar-refractivity contribution in [2.75, 3.05) is 11.9 Å². The van der Waals surface area contributed by atoms with Crippen LogP contribution in [0.4, 0.5) is 5.69 Å². The number of nitrogens with one attached hydrogen (secondary N) is 2. The second kappa shape index (κ2) is 4.62. The van der Waals surface area contributed by atoms with Crippen LogP contribution in [0, 0.1) is 0 Å². The molecule has 1 aromatic carbocycles. The highest BCUT2D eigenvalue weighted by molar-refractivity contribution is 6.02. The summed E-state index contributed by atoms with van der Waals surface area (Å²) in [6, 6.07) is 9.39. The number of benzene rings is 1. The largest absolute Gasteiger partial charge is 0.324 e. The van der Waals surface area contributed by atoms with E-state index >= 15 is 0 Å². The number of nitrogens with zero attached hydrogens (tertiary/aromatic N) is 2. The Balaban J connectivity index is 1.64. The summed E-state index contributed by atoms with van der Waals surface area (Å²) in [5, 5.41) is 10.2. The number of amides is 1. The van der Waals surface area contributed by atoms with E-state index in [0.717, 1.165) is 17.8 Å². The second-order valence-corrected chi connectivity index (χ2v) is 4.23. The van der Waals surface area contributed by atoms with Gasteiger partial charge in [0.1, 0.15) is 6.04 Å². The van der Waals surface area contributed by atoms with Crippen LogP contribution in [0.2, 0.25) is 0 Å². The lowest BCUT2D eigenvalue weighted by Gasteiger charge is -2.11. The number of hydrogen-bond donors (Lipinski definition) is 2. The monoisotopic (exact) mass is 242 g/mol. The number of carbonyl (C=O) groups is 1. The third-order valence-electron chi connectivity index (χ3n) is 3.04. The number of para-hydroxylation sites is 1. The van der Waals surface area contributed by atoms with E-state index in [-0.39, 0.29) is 11.9 Å². The van der Waals surface area contributed by atoms with Crippen molar-refractivity contribution in [1.29, 1.82) is 0 Å². The minimum atomic E-state index is -0.253. The highest BCUT2D eigenvalue weighted by atomic mass is 16.2. The van der Waals surface area contributed by atoms with Crippen LogP contribution in [0.15, 0.2) is 42.7 Å². The average Bonchev–Trinajstić information content (AvgIpc) is 2.98. The summed E-state index contributed by atoms with van der Waals surface area (Å²) in [6.45, 7) is 1.45. The van der Waals surface area contributed by atoms with Gasteiger partial charge in [0.15, 0.2) is 0 Å². The Bertz CT molecular complexity index is 550. The summed E-state index contributed by atoms with van der Waals surface area (Å²) in [6.07, 6.45) is 3.65. The summed E-state index contributed by atoms with van der Waals surface area (Å²) >= 11 is 0. The van der Waals surface area contributed by atoms with Gasteiger partial charge >= 0.3 is 0 Å². The van der Waals surface area contributed by atoms with Crippen LogP contribution < -0.4 is 10.6 Å². The number of hydrogen-bond acceptors (Lipinski definition) is 3. The highest BCUT2D eigenvalue weighted by Gasteiger charge is 2.29. The second-order valence-electron chi connectivity index (χ2n) is 4.23. The van der Waals surface area contributed by atoms with E-state index in [0.29, 0.717) is 6.54 Å². The van der Waals surface area contributed by atoms with Crippen LogP contribution in [0.3, 0.4) is 0 Å². The molecular formula is C13H14N4O. The number of fused-ring (bicyclic) bond motifs is 1. The van der Waals surface area contributed by atoms with E-state index in [2.05, 4.69) is 15.7 Å². The van der Waals surface area contributed by atoms with Gasteiger partial charge in [-0.05, 0) is 12.1 Å². The van der Waals surface area contributed by atoms with E-state index in [1.165, 1.54) is 0 Å². The van der Waals surface area contributed by atoms with Gasteiger partial charge < -0.3 is 10.6 Å². The molecule has 0 fully saturated rings. The van der Waals surface area contributed by atoms with Gasteiger partial charge in [-0.2, -0.15) is 5.10 Å². The molecule has 1 atom stereocenters. The molecule has 2 aromatic rings. The first-order valence-electron chi connectivity index (χ1n) is 5.95. The summed E-state index contributed by atoms with van der Waals surface area (Å²) in [4.78, 5) is 11.8. The molecule has 5 heteroatoms. The molecule has 5 nitrogen and oxygen atoms in total. The van der Waals surface area contributed by atoms with Crippen LogP contribution in [-0.4, -0.2) is 22.2 Å². The molecule has 1 aliphatic rings. The van der Waals surface area contributed by atoms with Gasteiger partial charge in [-0.25, -0.2) is 0 Å². The lowest BCUT2D eigenvalue weighted by atomic mass is 10.1. The molecule has 3 rings (SSSR count). The SMILES string of the molecule is O=C1Nc2ccccc2C1NCCn1cccn1. The molecule has 92 valence electrons. The molecule has 0 bridgehead atoms. The Morgan fingerprint density at radius 3 is 3.06 bits per heavy atom. The maximum absolute atomic E-state index is 11.8. The van der Waals surface area contributed by atoms with E-state index in [1.54, 1.807) is 6.20 Å². The Kier molecular flexibility index (Phi) is 2.82. The van der Waals surface area contributed by atoms with Crippen molar-refractivity contribution >= 4 is 11.6 Å². The summed E-state index contributed by atoms with van der Waals surface area (Å²) in [5.74, 6) is 0.0108. The number of rotatable bonds is 4. The molecule has 1 amide bonds. The predicted molar refractivity (Wildman–Crippen MR) is 68.0 cm³/mol. The number of anilines is 1. The van der Waals surface area contributed by atoms with Crippen LogP contribution in [0.25, 0.3) is 0 Å². The molecule has 2 N–H and O–H groups in total. The van der Waals surface area contributed by atoms with Gasteiger partial charge in [0.25, 0.3) is 0 Å². The minimum Gasteiger partial charge on any atom is -0.324 e. The van der Waals surface area contributed by atoms with Crippen molar-refractivity contribution in [1.82, 2.24) is 15.1 Å². The van der Waals surface area contributed by atoms with Gasteiger partial charge in [-0.3, -0.25) is 9.48 Å². The quantitative estimate of drug-likeness (QED) is 0.846. The zero-order chi connectivity index (χ0) is 12.4. The molecule has 0 radical (unpaired) electrons. The third-order valence-corrected chi connectivity index (χ3v) is 3.04. The fraction of sp³-hybridized carbons (Fsp3) is 0.231. The van der Waals surface area contributed by atoms with E-state index in [4.69, 9.17) is 0 Å². The normalized spacial score (nSPS) is 17.6. The van der Waals surface area contributed by atoms with Crippen molar-refractivity contribution < 1.29 is 4.79 Å². The topological polar surface area (TPSA) is 59.0 Å². The van der Waals surface area contributed by atoms with Crippen LogP contribution in [0.1, 0.15) is 11.6 Å². The van der Waals surface area contributed by atoms with Crippen molar-refractivity contribution in [3.8, 4) is 0 Å². The molecular weight excluding hydrogens is 228 g/mol. The summed E-state index contributed by atoms with van der Waals surface area (Å²) in [7, 11) is 0. The summed E-state index contributed by atoms with van der Waals surface area (Å²) in [5.41, 5.74) is 1.92. The fourth-order valence-corrected chi connectivity index (χ4v) is 2.17. The molecule has 18 heavy (non-hydrogen) atoms. The lowest BCUT2D eigenvalue weighted by molar-refractivity contribution is -0.117. The van der Waals surface area contributed by atoms with Crippen molar-refractivity contribution in [3.05, 3.63) is 48.3 Å². The Labute approximate surface area is 105 Å². The highest BCUT2D eigenvalue weighted by Crippen LogP contribution is 2.29. The Morgan fingerprint density at radius 2 is 2.22 bits per heavy atom. The van der Waals surface area contributed by atoms with E-state index in [1.807, 2.05) is 41.2 Å². The first-order valence-corrected chi connectivity index (χ1v) is 5.95. The summed E-state index contributed by atoms with van der Waals surface area (Å²) < 4.78 is 1.84. The molecule has 1 unspecified atom stereocenters. The number of carbonyl (C=O) groups excluding carboxylic acids is 1. The average molecular weight is 242 g/mol. The van der Waals surface area contributed by atoms with Gasteiger partial charge in [0.2, 0.25) is 5.91 Å². The molecule has 0 saturated carbocycles. The molecule has 0 spiro atoms. The van der Waals surface area contributed by atoms with E-state index < -0.39 is 0 Å². The number of aromatic nitrogens is 2. The van der Waals surface area contributed by atoms with Crippen LogP contribution in [0.5, 0.6) is 0 Å². The molecule has 1 aromatic heterocycles. The first kappa shape index (κ1) is 11.0. The van der Waals surface area contributed by atoms with Crippen LogP contribution >= 0.6 is 0 Å². The standard InChI is InChI=1S/C13H14N4O/c18-13-12(10-4-1-2-5-11(10)16-13)14-7-9-17-8-3-6-15-17/h1-6,8,12,14H,7,9H2,(H,16,18). The Morgan fingerprint density at radius 1 is 1.33 bits per heavy atom. The maximum atomic E-state index is 11.8. The fourth-order valence-electron chi connectivity index (χ4n) is 2.17. The van der Waals surface area contributed by atoms with Crippen molar-refractivity contribution in [2.24, 2.45) is 0 Å². The third kappa shape index (κ3) is 2.00. The van der Waals surface area contributed by atoms with E-state index in [9.17, 15) is 4.79 Å². The van der Waals surface area contributed by atoms with Gasteiger partial charge in [-0.15, -0.1) is 0 Å². The van der Waals surface area contributed by atoms with Crippen molar-refractivity contribution in [3.63, 3.8) is 0 Å². The van der Waals surface area contributed by atoms with Crippen molar-refractivity contribution in [2.45, 2.75) is 12.6 Å². The van der Waals surface area contributed by atoms with Crippen LogP contribution in [-0.2, 0) is 11.3 Å². The predicted octanol–water partition coefficient (Wildman–Crippen LogP) is 1.17. The molecule has 0 aliphatic carbocycles. The van der Waals surface area contributed by atoms with Gasteiger partial charge in [-0.1, -0.05) is 18.2 Å². The molecule has 1 aliphatic heterocycles. The molecule has 2 heterocycles.